The van der Waals surface area contributed by atoms with Crippen LogP contribution in [0.5, 0.6) is 11.5 Å². The maximum absolute atomic E-state index is 12.4. The van der Waals surface area contributed by atoms with Crippen LogP contribution in [0.3, 0.4) is 0 Å². The smallest absolute Gasteiger partial charge is 0.276 e. The minimum atomic E-state index is -0.480. The predicted molar refractivity (Wildman–Crippen MR) is 121 cm³/mol. The van der Waals surface area contributed by atoms with Crippen molar-refractivity contribution in [3.8, 4) is 11.5 Å². The molecule has 3 aromatic rings. The zero-order chi connectivity index (χ0) is 21.5. The summed E-state index contributed by atoms with van der Waals surface area (Å²) in [5.74, 6) is 0.0541. The van der Waals surface area contributed by atoms with E-state index in [-0.39, 0.29) is 11.7 Å². The second-order valence-electron chi connectivity index (χ2n) is 6.07. The molecule has 154 valence electrons. The molecule has 0 aromatic heterocycles. The topological polar surface area (TPSA) is 88.7 Å². The summed E-state index contributed by atoms with van der Waals surface area (Å²) in [6.45, 7) is -0.225. The number of thiocarbonyl (C=S) groups is 1. The lowest BCUT2D eigenvalue weighted by Gasteiger charge is -2.13. The first-order valence-electron chi connectivity index (χ1n) is 8.82. The van der Waals surface area contributed by atoms with E-state index in [9.17, 15) is 9.59 Å². The molecule has 0 radical (unpaired) electrons. The molecule has 0 saturated heterocycles. The summed E-state index contributed by atoms with van der Waals surface area (Å²) in [6, 6.07) is 18.3. The maximum atomic E-state index is 12.4. The Bertz CT molecular complexity index is 1100. The van der Waals surface area contributed by atoms with Crippen LogP contribution in [0.4, 0.5) is 0 Å². The molecule has 0 spiro atoms. The number of carbonyl (C=O) groups excluding carboxylic acids is 2. The van der Waals surface area contributed by atoms with Gasteiger partial charge >= 0.3 is 0 Å². The van der Waals surface area contributed by atoms with Crippen molar-refractivity contribution in [3.05, 3.63) is 70.7 Å². The van der Waals surface area contributed by atoms with E-state index in [0.29, 0.717) is 21.5 Å². The van der Waals surface area contributed by atoms with Crippen LogP contribution in [0.1, 0.15) is 10.4 Å². The Balaban J connectivity index is 1.50. The van der Waals surface area contributed by atoms with E-state index < -0.39 is 11.8 Å². The van der Waals surface area contributed by atoms with E-state index in [0.717, 1.165) is 10.8 Å². The predicted octanol–water partition coefficient (Wildman–Crippen LogP) is 3.33. The number of carbonyl (C=O) groups is 2. The van der Waals surface area contributed by atoms with Gasteiger partial charge < -0.3 is 9.47 Å². The van der Waals surface area contributed by atoms with Gasteiger partial charge in [0.25, 0.3) is 11.8 Å². The lowest BCUT2D eigenvalue weighted by Crippen LogP contribution is -2.49. The van der Waals surface area contributed by atoms with Crippen LogP contribution in [-0.2, 0) is 4.79 Å². The van der Waals surface area contributed by atoms with Crippen molar-refractivity contribution in [3.63, 3.8) is 0 Å². The monoisotopic (exact) mass is 487 g/mol. The van der Waals surface area contributed by atoms with E-state index in [1.165, 1.54) is 7.11 Å². The number of benzene rings is 3. The van der Waals surface area contributed by atoms with Gasteiger partial charge in [-0.05, 0) is 41.9 Å². The number of ether oxygens (including phenoxy) is 2. The summed E-state index contributed by atoms with van der Waals surface area (Å²) < 4.78 is 11.5. The molecule has 7 nitrogen and oxygen atoms in total. The molecule has 0 fully saturated rings. The van der Waals surface area contributed by atoms with Crippen molar-refractivity contribution in [2.45, 2.75) is 0 Å². The fraction of sp³-hybridized carbons (Fsp3) is 0.0952. The molecular weight excluding hydrogens is 470 g/mol. The van der Waals surface area contributed by atoms with Gasteiger partial charge in [0.2, 0.25) is 0 Å². The van der Waals surface area contributed by atoms with Gasteiger partial charge in [-0.3, -0.25) is 25.8 Å². The van der Waals surface area contributed by atoms with Gasteiger partial charge in [0, 0.05) is 9.86 Å². The second-order valence-corrected chi connectivity index (χ2v) is 7.39. The van der Waals surface area contributed by atoms with Gasteiger partial charge in [-0.25, -0.2) is 0 Å². The largest absolute Gasteiger partial charge is 0.496 e. The molecule has 3 aromatic carbocycles. The van der Waals surface area contributed by atoms with E-state index in [1.807, 2.05) is 36.4 Å². The van der Waals surface area contributed by atoms with Gasteiger partial charge in [-0.15, -0.1) is 0 Å². The van der Waals surface area contributed by atoms with Crippen LogP contribution >= 0.6 is 28.1 Å². The first-order valence-corrected chi connectivity index (χ1v) is 10.0. The van der Waals surface area contributed by atoms with Gasteiger partial charge in [0.1, 0.15) is 11.5 Å². The average Bonchev–Trinajstić information content (AvgIpc) is 2.76. The van der Waals surface area contributed by atoms with Crippen molar-refractivity contribution >= 4 is 55.8 Å². The van der Waals surface area contributed by atoms with Crippen molar-refractivity contribution in [2.24, 2.45) is 0 Å². The van der Waals surface area contributed by atoms with Gasteiger partial charge in [-0.1, -0.05) is 52.3 Å². The van der Waals surface area contributed by atoms with Crippen LogP contribution in [0, 0.1) is 0 Å². The Morgan fingerprint density at radius 3 is 2.57 bits per heavy atom. The van der Waals surface area contributed by atoms with E-state index in [2.05, 4.69) is 32.1 Å². The summed E-state index contributed by atoms with van der Waals surface area (Å²) >= 11 is 8.36. The average molecular weight is 488 g/mol. The molecule has 0 saturated carbocycles. The van der Waals surface area contributed by atoms with Gasteiger partial charge in [0.15, 0.2) is 11.7 Å². The maximum Gasteiger partial charge on any atom is 0.276 e. The van der Waals surface area contributed by atoms with E-state index in [4.69, 9.17) is 21.7 Å². The summed E-state index contributed by atoms with van der Waals surface area (Å²) in [5.41, 5.74) is 5.16. The Morgan fingerprint density at radius 1 is 1.00 bits per heavy atom. The minimum absolute atomic E-state index is 0.0689. The summed E-state index contributed by atoms with van der Waals surface area (Å²) in [6.07, 6.45) is 0. The van der Waals surface area contributed by atoms with Gasteiger partial charge in [0.05, 0.1) is 12.7 Å². The molecule has 0 heterocycles. The summed E-state index contributed by atoms with van der Waals surface area (Å²) in [4.78, 5) is 24.5. The number of fused-ring (bicyclic) bond motifs is 1. The number of hydrogen-bond donors (Lipinski definition) is 3. The molecule has 30 heavy (non-hydrogen) atoms. The van der Waals surface area contributed by atoms with Crippen LogP contribution in [0.15, 0.2) is 65.1 Å². The molecule has 0 aliphatic rings. The van der Waals surface area contributed by atoms with Crippen molar-refractivity contribution in [1.29, 1.82) is 0 Å². The van der Waals surface area contributed by atoms with Crippen LogP contribution in [0.2, 0.25) is 0 Å². The third-order valence-electron chi connectivity index (χ3n) is 4.06. The molecular formula is C21H18BrN3O4S. The number of methoxy groups -OCH3 is 1. The fourth-order valence-electron chi connectivity index (χ4n) is 2.69. The number of amides is 2. The molecule has 3 N–H and O–H groups in total. The lowest BCUT2D eigenvalue weighted by molar-refractivity contribution is -0.123. The Kier molecular flexibility index (Phi) is 7.21. The molecule has 9 heteroatoms. The quantitative estimate of drug-likeness (QED) is 0.377. The number of halogens is 1. The van der Waals surface area contributed by atoms with Crippen LogP contribution in [0.25, 0.3) is 10.8 Å². The van der Waals surface area contributed by atoms with Crippen LogP contribution in [-0.4, -0.2) is 30.6 Å². The summed E-state index contributed by atoms with van der Waals surface area (Å²) in [7, 11) is 1.47. The molecule has 2 amide bonds. The number of hydrogen-bond acceptors (Lipinski definition) is 5. The zero-order valence-corrected chi connectivity index (χ0v) is 18.3. The normalized spacial score (nSPS) is 10.2. The first-order chi connectivity index (χ1) is 14.5. The first kappa shape index (κ1) is 21.5. The van der Waals surface area contributed by atoms with Crippen LogP contribution < -0.4 is 25.6 Å². The highest BCUT2D eigenvalue weighted by atomic mass is 79.9. The Hall–Kier alpha value is -3.17. The third kappa shape index (κ3) is 5.46. The number of rotatable bonds is 5. The molecule has 0 unspecified atom stereocenters. The SMILES string of the molecule is COc1ccc(Br)cc1C(=O)NC(=S)NNC(=O)COc1cccc2ccccc12. The highest BCUT2D eigenvalue weighted by Gasteiger charge is 2.14. The highest BCUT2D eigenvalue weighted by Crippen LogP contribution is 2.25. The second kappa shape index (κ2) is 10.0. The number of hydrazine groups is 1. The van der Waals surface area contributed by atoms with Gasteiger partial charge in [-0.2, -0.15) is 0 Å². The molecule has 3 rings (SSSR count). The Labute approximate surface area is 186 Å². The minimum Gasteiger partial charge on any atom is -0.496 e. The standard InChI is InChI=1S/C21H18BrN3O4S/c1-28-17-10-9-14(22)11-16(17)20(27)23-21(30)25-24-19(26)12-29-18-8-4-6-13-5-2-3-7-15(13)18/h2-11H,12H2,1H3,(H,24,26)(H2,23,25,27,30). The number of nitrogens with one attached hydrogen (secondary N) is 3. The third-order valence-corrected chi connectivity index (χ3v) is 4.75. The fourth-order valence-corrected chi connectivity index (χ4v) is 3.19. The van der Waals surface area contributed by atoms with E-state index in [1.54, 1.807) is 24.3 Å². The van der Waals surface area contributed by atoms with Crippen molar-refractivity contribution in [2.75, 3.05) is 13.7 Å². The lowest BCUT2D eigenvalue weighted by atomic mass is 10.1. The van der Waals surface area contributed by atoms with Crippen molar-refractivity contribution < 1.29 is 19.1 Å². The van der Waals surface area contributed by atoms with E-state index >= 15 is 0 Å². The molecule has 0 atom stereocenters. The summed E-state index contributed by atoms with van der Waals surface area (Å²) in [5, 5.41) is 4.33. The van der Waals surface area contributed by atoms with Crippen molar-refractivity contribution in [1.82, 2.24) is 16.2 Å². The zero-order valence-electron chi connectivity index (χ0n) is 15.9. The molecule has 0 aliphatic carbocycles. The Morgan fingerprint density at radius 2 is 1.77 bits per heavy atom. The highest BCUT2D eigenvalue weighted by molar-refractivity contribution is 9.10. The molecule has 0 aliphatic heterocycles. The molecule has 0 bridgehead atoms.